The summed E-state index contributed by atoms with van der Waals surface area (Å²) in [5, 5.41) is 3.10. The Bertz CT molecular complexity index is 299. The van der Waals surface area contributed by atoms with Crippen LogP contribution in [0, 0.1) is 12.3 Å². The summed E-state index contributed by atoms with van der Waals surface area (Å²) < 4.78 is 0. The molecule has 1 atom stereocenters. The minimum atomic E-state index is 0.206. The lowest BCUT2D eigenvalue weighted by Crippen LogP contribution is -2.15. The highest BCUT2D eigenvalue weighted by Gasteiger charge is 2.06. The molecule has 62 valence electrons. The molecule has 0 saturated heterocycles. The first-order chi connectivity index (χ1) is 5.79. The number of nitrogens with one attached hydrogen (secondary N) is 1. The van der Waals surface area contributed by atoms with E-state index in [2.05, 4.69) is 16.2 Å². The summed E-state index contributed by atoms with van der Waals surface area (Å²) in [5.74, 6) is 2.61. The molecule has 0 bridgehead atoms. The molecule has 0 aliphatic heterocycles. The molecule has 0 aliphatic carbocycles. The normalized spacial score (nSPS) is 12.1. The van der Waals surface area contributed by atoms with Gasteiger partial charge in [0.15, 0.2) is 0 Å². The number of terminal acetylenes is 1. The number of hydrogen-bond acceptors (Lipinski definition) is 2. The number of nitrogens with zero attached hydrogens (tertiary/aromatic N) is 1. The molecule has 0 radical (unpaired) electrons. The van der Waals surface area contributed by atoms with Gasteiger partial charge in [0.2, 0.25) is 0 Å². The molecule has 1 aromatic heterocycles. The van der Waals surface area contributed by atoms with Crippen LogP contribution in [0.2, 0.25) is 0 Å². The molecular formula is C10H12N2. The molecule has 0 saturated carbocycles. The lowest BCUT2D eigenvalue weighted by molar-refractivity contribution is 0.631. The molecule has 1 aromatic rings. The van der Waals surface area contributed by atoms with Crippen molar-refractivity contribution in [3.05, 3.63) is 29.6 Å². The molecule has 1 N–H and O–H groups in total. The Morgan fingerprint density at radius 2 is 2.42 bits per heavy atom. The molecule has 12 heavy (non-hydrogen) atoms. The monoisotopic (exact) mass is 160 g/mol. The van der Waals surface area contributed by atoms with Gasteiger partial charge in [0.05, 0.1) is 5.69 Å². The van der Waals surface area contributed by atoms with Crippen LogP contribution in [-0.2, 0) is 0 Å². The molecule has 2 heteroatoms. The molecule has 1 rings (SSSR count). The Hall–Kier alpha value is -1.33. The Kier molecular flexibility index (Phi) is 2.84. The molecule has 0 aromatic carbocycles. The van der Waals surface area contributed by atoms with E-state index in [9.17, 15) is 0 Å². The standard InChI is InChI=1S/C10H12N2/c1-4-9-6-5-7-12-10(9)8(2)11-3/h1,5-8,11H,2-3H3/t8-/m0/s1. The highest BCUT2D eigenvalue weighted by Crippen LogP contribution is 2.12. The van der Waals surface area contributed by atoms with E-state index >= 15 is 0 Å². The zero-order valence-corrected chi connectivity index (χ0v) is 7.33. The van der Waals surface area contributed by atoms with Gasteiger partial charge in [0.1, 0.15) is 0 Å². The van der Waals surface area contributed by atoms with Gasteiger partial charge in [0, 0.05) is 17.8 Å². The van der Waals surface area contributed by atoms with Crippen molar-refractivity contribution in [2.75, 3.05) is 7.05 Å². The second-order valence-electron chi connectivity index (χ2n) is 2.59. The molecule has 0 aliphatic rings. The summed E-state index contributed by atoms with van der Waals surface area (Å²) in [7, 11) is 1.89. The van der Waals surface area contributed by atoms with Gasteiger partial charge in [-0.05, 0) is 26.1 Å². The molecule has 1 heterocycles. The highest BCUT2D eigenvalue weighted by molar-refractivity contribution is 5.36. The van der Waals surface area contributed by atoms with Crippen LogP contribution >= 0.6 is 0 Å². The van der Waals surface area contributed by atoms with Gasteiger partial charge in [-0.3, -0.25) is 4.98 Å². The third kappa shape index (κ3) is 1.63. The van der Waals surface area contributed by atoms with Crippen LogP contribution in [0.1, 0.15) is 24.2 Å². The van der Waals surface area contributed by atoms with Gasteiger partial charge in [-0.25, -0.2) is 0 Å². The molecule has 0 amide bonds. The molecule has 2 nitrogen and oxygen atoms in total. The maximum absolute atomic E-state index is 5.33. The fourth-order valence-electron chi connectivity index (χ4n) is 1.02. The van der Waals surface area contributed by atoms with Crippen molar-refractivity contribution in [3.63, 3.8) is 0 Å². The van der Waals surface area contributed by atoms with Crippen molar-refractivity contribution in [1.82, 2.24) is 10.3 Å². The van der Waals surface area contributed by atoms with Crippen LogP contribution in [0.25, 0.3) is 0 Å². The summed E-state index contributed by atoms with van der Waals surface area (Å²) >= 11 is 0. The van der Waals surface area contributed by atoms with E-state index in [0.717, 1.165) is 11.3 Å². The van der Waals surface area contributed by atoms with Crippen LogP contribution in [0.4, 0.5) is 0 Å². The second-order valence-corrected chi connectivity index (χ2v) is 2.59. The molecule has 0 unspecified atom stereocenters. The SMILES string of the molecule is C#Cc1cccnc1[C@H](C)NC. The van der Waals surface area contributed by atoms with Crippen molar-refractivity contribution >= 4 is 0 Å². The van der Waals surface area contributed by atoms with Gasteiger partial charge >= 0.3 is 0 Å². The number of pyridine rings is 1. The van der Waals surface area contributed by atoms with E-state index in [1.165, 1.54) is 0 Å². The zero-order chi connectivity index (χ0) is 8.97. The topological polar surface area (TPSA) is 24.9 Å². The van der Waals surface area contributed by atoms with E-state index in [1.807, 2.05) is 26.1 Å². The van der Waals surface area contributed by atoms with Crippen LogP contribution in [0.5, 0.6) is 0 Å². The Balaban J connectivity index is 3.07. The fourth-order valence-corrected chi connectivity index (χ4v) is 1.02. The van der Waals surface area contributed by atoms with Crippen LogP contribution in [-0.4, -0.2) is 12.0 Å². The van der Waals surface area contributed by atoms with Crippen molar-refractivity contribution in [2.24, 2.45) is 0 Å². The predicted octanol–water partition coefficient (Wildman–Crippen LogP) is 1.34. The summed E-state index contributed by atoms with van der Waals surface area (Å²) in [6, 6.07) is 3.95. The molecule has 0 spiro atoms. The average molecular weight is 160 g/mol. The maximum Gasteiger partial charge on any atom is 0.0726 e. The zero-order valence-electron chi connectivity index (χ0n) is 7.33. The quantitative estimate of drug-likeness (QED) is 0.660. The highest BCUT2D eigenvalue weighted by atomic mass is 14.9. The minimum absolute atomic E-state index is 0.206. The van der Waals surface area contributed by atoms with Gasteiger partial charge in [-0.1, -0.05) is 5.92 Å². The number of aromatic nitrogens is 1. The fraction of sp³-hybridized carbons (Fsp3) is 0.300. The Labute approximate surface area is 73.0 Å². The number of hydrogen-bond donors (Lipinski definition) is 1. The van der Waals surface area contributed by atoms with Crippen LogP contribution < -0.4 is 5.32 Å². The Morgan fingerprint density at radius 1 is 1.67 bits per heavy atom. The van der Waals surface area contributed by atoms with Crippen LogP contribution in [0.15, 0.2) is 18.3 Å². The minimum Gasteiger partial charge on any atom is -0.312 e. The first-order valence-electron chi connectivity index (χ1n) is 3.88. The van der Waals surface area contributed by atoms with Crippen molar-refractivity contribution in [1.29, 1.82) is 0 Å². The summed E-state index contributed by atoms with van der Waals surface area (Å²) in [6.45, 7) is 2.03. The van der Waals surface area contributed by atoms with Gasteiger partial charge in [0.25, 0.3) is 0 Å². The van der Waals surface area contributed by atoms with Gasteiger partial charge in [-0.2, -0.15) is 0 Å². The van der Waals surface area contributed by atoms with E-state index in [1.54, 1.807) is 6.20 Å². The summed E-state index contributed by atoms with van der Waals surface area (Å²) in [5.41, 5.74) is 1.79. The van der Waals surface area contributed by atoms with E-state index in [4.69, 9.17) is 6.42 Å². The molecule has 0 fully saturated rings. The smallest absolute Gasteiger partial charge is 0.0726 e. The summed E-state index contributed by atoms with van der Waals surface area (Å²) in [4.78, 5) is 4.22. The van der Waals surface area contributed by atoms with E-state index in [0.29, 0.717) is 0 Å². The van der Waals surface area contributed by atoms with E-state index < -0.39 is 0 Å². The van der Waals surface area contributed by atoms with E-state index in [-0.39, 0.29) is 6.04 Å². The number of rotatable bonds is 2. The largest absolute Gasteiger partial charge is 0.312 e. The lowest BCUT2D eigenvalue weighted by atomic mass is 10.1. The molecular weight excluding hydrogens is 148 g/mol. The van der Waals surface area contributed by atoms with Gasteiger partial charge in [-0.15, -0.1) is 6.42 Å². The average Bonchev–Trinajstić information content (AvgIpc) is 2.16. The maximum atomic E-state index is 5.33. The Morgan fingerprint density at radius 3 is 3.00 bits per heavy atom. The summed E-state index contributed by atoms with van der Waals surface area (Å²) in [6.07, 6.45) is 7.08. The van der Waals surface area contributed by atoms with Crippen molar-refractivity contribution in [2.45, 2.75) is 13.0 Å². The van der Waals surface area contributed by atoms with Gasteiger partial charge < -0.3 is 5.32 Å². The lowest BCUT2D eigenvalue weighted by Gasteiger charge is -2.10. The first-order valence-corrected chi connectivity index (χ1v) is 3.88. The first kappa shape index (κ1) is 8.76. The van der Waals surface area contributed by atoms with Crippen molar-refractivity contribution in [3.8, 4) is 12.3 Å². The third-order valence-corrected chi connectivity index (χ3v) is 1.84. The van der Waals surface area contributed by atoms with Crippen LogP contribution in [0.3, 0.4) is 0 Å². The second kappa shape index (κ2) is 3.89. The van der Waals surface area contributed by atoms with Crippen molar-refractivity contribution < 1.29 is 0 Å². The third-order valence-electron chi connectivity index (χ3n) is 1.84. The predicted molar refractivity (Wildman–Crippen MR) is 49.6 cm³/mol.